The Bertz CT molecular complexity index is 516. The highest BCUT2D eigenvalue weighted by Crippen LogP contribution is 2.23. The van der Waals surface area contributed by atoms with E-state index in [4.69, 9.17) is 9.47 Å². The lowest BCUT2D eigenvalue weighted by Crippen LogP contribution is -2.47. The fourth-order valence-electron chi connectivity index (χ4n) is 2.43. The second kappa shape index (κ2) is 5.48. The van der Waals surface area contributed by atoms with Crippen molar-refractivity contribution in [2.24, 2.45) is 0 Å². The number of rotatable bonds is 5. The molecule has 0 unspecified atom stereocenters. The third-order valence-electron chi connectivity index (χ3n) is 3.24. The van der Waals surface area contributed by atoms with Crippen LogP contribution in [0.1, 0.15) is 0 Å². The molecule has 0 saturated carbocycles. The third kappa shape index (κ3) is 2.81. The number of imidazole rings is 1. The topological polar surface area (TPSA) is 36.3 Å². The second-order valence-corrected chi connectivity index (χ2v) is 9.74. The maximum Gasteiger partial charge on any atom is 0.121 e. The number of aromatic nitrogens is 2. The number of ether oxygens (including phenoxy) is 2. The van der Waals surface area contributed by atoms with Gasteiger partial charge in [0, 0.05) is 23.7 Å². The van der Waals surface area contributed by atoms with E-state index in [0.29, 0.717) is 0 Å². The van der Waals surface area contributed by atoms with Crippen LogP contribution in [0.2, 0.25) is 13.1 Å². The Balaban J connectivity index is 2.43. The predicted octanol–water partition coefficient (Wildman–Crippen LogP) is 2.06. The van der Waals surface area contributed by atoms with Crippen LogP contribution < -0.4 is 14.7 Å². The van der Waals surface area contributed by atoms with Crippen LogP contribution in [-0.2, 0) is 6.17 Å². The van der Waals surface area contributed by atoms with E-state index in [1.54, 1.807) is 14.2 Å². The lowest BCUT2D eigenvalue weighted by molar-refractivity contribution is 0.400. The van der Waals surface area contributed by atoms with Crippen LogP contribution in [0.25, 0.3) is 0 Å². The maximum absolute atomic E-state index is 5.52. The molecule has 2 aromatic rings. The number of benzene rings is 1. The van der Waals surface area contributed by atoms with Crippen LogP contribution in [0.5, 0.6) is 11.5 Å². The third-order valence-corrected chi connectivity index (χ3v) is 6.24. The second-order valence-electron chi connectivity index (χ2n) is 5.16. The molecule has 1 aromatic heterocycles. The highest BCUT2D eigenvalue weighted by molar-refractivity contribution is 6.90. The number of hydrogen-bond donors (Lipinski definition) is 0. The standard InChI is InChI=1S/C14H20N2O2Si/c1-17-12-6-5-7-13(18-2)14(12)19(3,4)11-16-9-8-15-10-16/h5-10H,11H2,1-4H3. The molecule has 4 nitrogen and oxygen atoms in total. The minimum Gasteiger partial charge on any atom is -0.497 e. The van der Waals surface area contributed by atoms with Crippen molar-refractivity contribution in [1.29, 1.82) is 0 Å². The fourth-order valence-corrected chi connectivity index (χ4v) is 5.40. The number of methoxy groups -OCH3 is 2. The Kier molecular flexibility index (Phi) is 3.95. The fraction of sp³-hybridized carbons (Fsp3) is 0.357. The van der Waals surface area contributed by atoms with E-state index in [0.717, 1.165) is 17.7 Å². The number of hydrogen-bond acceptors (Lipinski definition) is 3. The molecule has 0 radical (unpaired) electrons. The molecule has 0 N–H and O–H groups in total. The van der Waals surface area contributed by atoms with Gasteiger partial charge < -0.3 is 14.0 Å². The molecule has 102 valence electrons. The van der Waals surface area contributed by atoms with Crippen molar-refractivity contribution >= 4 is 13.3 Å². The highest BCUT2D eigenvalue weighted by atomic mass is 28.3. The summed E-state index contributed by atoms with van der Waals surface area (Å²) in [6.45, 7) is 4.63. The summed E-state index contributed by atoms with van der Waals surface area (Å²) in [4.78, 5) is 4.11. The first-order valence-corrected chi connectivity index (χ1v) is 9.46. The molecule has 0 aliphatic rings. The van der Waals surface area contributed by atoms with Crippen LogP contribution in [0.3, 0.4) is 0 Å². The van der Waals surface area contributed by atoms with E-state index in [1.807, 2.05) is 36.9 Å². The zero-order valence-electron chi connectivity index (χ0n) is 11.9. The molecule has 0 aliphatic carbocycles. The monoisotopic (exact) mass is 276 g/mol. The van der Waals surface area contributed by atoms with Gasteiger partial charge in [-0.3, -0.25) is 0 Å². The van der Waals surface area contributed by atoms with E-state index >= 15 is 0 Å². The molecule has 0 bridgehead atoms. The molecule has 0 atom stereocenters. The molecular formula is C14H20N2O2Si. The molecule has 2 rings (SSSR count). The van der Waals surface area contributed by atoms with E-state index in [-0.39, 0.29) is 0 Å². The van der Waals surface area contributed by atoms with Gasteiger partial charge in [0.25, 0.3) is 0 Å². The lowest BCUT2D eigenvalue weighted by atomic mass is 10.3. The van der Waals surface area contributed by atoms with Gasteiger partial charge in [0.15, 0.2) is 0 Å². The van der Waals surface area contributed by atoms with Gasteiger partial charge in [-0.15, -0.1) is 0 Å². The molecule has 19 heavy (non-hydrogen) atoms. The van der Waals surface area contributed by atoms with Crippen molar-refractivity contribution in [3.8, 4) is 11.5 Å². The molecule has 5 heteroatoms. The summed E-state index contributed by atoms with van der Waals surface area (Å²) in [5.74, 6) is 1.83. The van der Waals surface area contributed by atoms with Gasteiger partial charge in [0.2, 0.25) is 0 Å². The van der Waals surface area contributed by atoms with Crippen LogP contribution in [-0.4, -0.2) is 31.8 Å². The van der Waals surface area contributed by atoms with Crippen LogP contribution in [0.4, 0.5) is 0 Å². The summed E-state index contributed by atoms with van der Waals surface area (Å²) in [6, 6.07) is 5.96. The Morgan fingerprint density at radius 3 is 2.26 bits per heavy atom. The zero-order valence-corrected chi connectivity index (χ0v) is 12.9. The molecule has 1 aromatic carbocycles. The van der Waals surface area contributed by atoms with Crippen molar-refractivity contribution in [3.63, 3.8) is 0 Å². The summed E-state index contributed by atoms with van der Waals surface area (Å²) in [5.41, 5.74) is 0. The van der Waals surface area contributed by atoms with Gasteiger partial charge in [0.1, 0.15) is 19.6 Å². The summed E-state index contributed by atoms with van der Waals surface area (Å²) >= 11 is 0. The van der Waals surface area contributed by atoms with Crippen molar-refractivity contribution in [2.75, 3.05) is 14.2 Å². The molecule has 0 amide bonds. The van der Waals surface area contributed by atoms with Gasteiger partial charge in [-0.2, -0.15) is 0 Å². The summed E-state index contributed by atoms with van der Waals surface area (Å²) in [7, 11) is 1.67. The van der Waals surface area contributed by atoms with Gasteiger partial charge in [-0.1, -0.05) is 19.2 Å². The van der Waals surface area contributed by atoms with Crippen molar-refractivity contribution in [2.45, 2.75) is 19.3 Å². The summed E-state index contributed by atoms with van der Waals surface area (Å²) in [6.07, 6.45) is 6.61. The Hall–Kier alpha value is -1.75. The van der Waals surface area contributed by atoms with E-state index < -0.39 is 8.07 Å². The predicted molar refractivity (Wildman–Crippen MR) is 78.9 cm³/mol. The molecule has 0 saturated heterocycles. The maximum atomic E-state index is 5.52. The minimum absolute atomic E-state index is 0.913. The molecule has 1 heterocycles. The summed E-state index contributed by atoms with van der Waals surface area (Å²) in [5, 5.41) is 1.22. The van der Waals surface area contributed by atoms with Gasteiger partial charge in [-0.05, 0) is 12.1 Å². The Morgan fingerprint density at radius 1 is 1.16 bits per heavy atom. The Labute approximate surface area is 115 Å². The van der Waals surface area contributed by atoms with Crippen molar-refractivity contribution < 1.29 is 9.47 Å². The van der Waals surface area contributed by atoms with E-state index in [2.05, 4.69) is 22.6 Å². The first-order valence-electron chi connectivity index (χ1n) is 6.25. The average Bonchev–Trinajstić information content (AvgIpc) is 2.89. The van der Waals surface area contributed by atoms with Crippen molar-refractivity contribution in [1.82, 2.24) is 9.55 Å². The molecule has 0 spiro atoms. The molecule has 0 aliphatic heterocycles. The summed E-state index contributed by atoms with van der Waals surface area (Å²) < 4.78 is 13.2. The molecule has 0 fully saturated rings. The largest absolute Gasteiger partial charge is 0.497 e. The average molecular weight is 276 g/mol. The number of nitrogens with zero attached hydrogens (tertiary/aromatic N) is 2. The van der Waals surface area contributed by atoms with Crippen LogP contribution in [0.15, 0.2) is 36.9 Å². The zero-order chi connectivity index (χ0) is 13.9. The molecular weight excluding hydrogens is 256 g/mol. The normalized spacial score (nSPS) is 11.4. The van der Waals surface area contributed by atoms with Gasteiger partial charge in [-0.25, -0.2) is 4.98 Å². The van der Waals surface area contributed by atoms with Crippen molar-refractivity contribution in [3.05, 3.63) is 36.9 Å². The van der Waals surface area contributed by atoms with Crippen LogP contribution in [0, 0.1) is 0 Å². The van der Waals surface area contributed by atoms with Gasteiger partial charge in [0.05, 0.1) is 20.5 Å². The minimum atomic E-state index is -1.74. The van der Waals surface area contributed by atoms with E-state index in [1.165, 1.54) is 5.19 Å². The first kappa shape index (κ1) is 13.7. The SMILES string of the molecule is COc1cccc(OC)c1[Si](C)(C)Cn1ccnc1. The smallest absolute Gasteiger partial charge is 0.121 e. The van der Waals surface area contributed by atoms with E-state index in [9.17, 15) is 0 Å². The Morgan fingerprint density at radius 2 is 1.79 bits per heavy atom. The lowest BCUT2D eigenvalue weighted by Gasteiger charge is -2.27. The first-order chi connectivity index (χ1) is 9.08. The van der Waals surface area contributed by atoms with Gasteiger partial charge >= 0.3 is 0 Å². The highest BCUT2D eigenvalue weighted by Gasteiger charge is 2.31. The quantitative estimate of drug-likeness (QED) is 0.784. The van der Waals surface area contributed by atoms with Crippen LogP contribution >= 0.6 is 0 Å².